The summed E-state index contributed by atoms with van der Waals surface area (Å²) in [5.41, 5.74) is 0.816. The average Bonchev–Trinajstić information content (AvgIpc) is 3.10. The number of rotatable bonds is 4. The lowest BCUT2D eigenvalue weighted by Gasteiger charge is -2.42. The quantitative estimate of drug-likeness (QED) is 0.537. The second-order valence-electron chi connectivity index (χ2n) is 10.4. The first kappa shape index (κ1) is 23.4. The molecular formula is C22H35BrN4O2SSi. The highest BCUT2D eigenvalue weighted by molar-refractivity contribution is 9.10. The van der Waals surface area contributed by atoms with Crippen LogP contribution in [-0.2, 0) is 4.43 Å². The maximum absolute atomic E-state index is 9.82. The molecule has 2 aromatic rings. The molecule has 0 radical (unpaired) electrons. The predicted octanol–water partition coefficient (Wildman–Crippen LogP) is 5.41. The summed E-state index contributed by atoms with van der Waals surface area (Å²) in [5.74, 6) is 0.939. The molecule has 0 saturated carbocycles. The third-order valence-electron chi connectivity index (χ3n) is 6.99. The summed E-state index contributed by atoms with van der Waals surface area (Å²) in [5, 5.41) is 11.1. The van der Waals surface area contributed by atoms with E-state index in [1.807, 2.05) is 0 Å². The molecule has 1 atom stereocenters. The highest BCUT2D eigenvalue weighted by Crippen LogP contribution is 2.39. The minimum atomic E-state index is -1.78. The van der Waals surface area contributed by atoms with E-state index in [9.17, 15) is 5.11 Å². The molecule has 6 nitrogen and oxygen atoms in total. The molecule has 2 aromatic heterocycles. The van der Waals surface area contributed by atoms with Crippen molar-refractivity contribution in [2.75, 3.05) is 36.0 Å². The smallest absolute Gasteiger partial charge is 0.192 e. The van der Waals surface area contributed by atoms with Gasteiger partial charge in [0.2, 0.25) is 0 Å². The normalized spacial score (nSPS) is 21.8. The lowest BCUT2D eigenvalue weighted by molar-refractivity contribution is 0.145. The number of hydrogen-bond acceptors (Lipinski definition) is 7. The van der Waals surface area contributed by atoms with Gasteiger partial charge in [-0.3, -0.25) is 0 Å². The molecule has 9 heteroatoms. The van der Waals surface area contributed by atoms with Crippen molar-refractivity contribution in [3.05, 3.63) is 10.5 Å². The van der Waals surface area contributed by atoms with Crippen LogP contribution in [0, 0.1) is 0 Å². The topological polar surface area (TPSA) is 61.7 Å². The van der Waals surface area contributed by atoms with Crippen molar-refractivity contribution in [2.45, 2.75) is 76.8 Å². The van der Waals surface area contributed by atoms with Gasteiger partial charge in [0.1, 0.15) is 5.82 Å². The van der Waals surface area contributed by atoms with Crippen LogP contribution < -0.4 is 9.80 Å². The number of hydrogen-bond donors (Lipinski definition) is 1. The van der Waals surface area contributed by atoms with E-state index in [0.29, 0.717) is 0 Å². The van der Waals surface area contributed by atoms with E-state index in [-0.39, 0.29) is 17.2 Å². The number of fused-ring (bicyclic) bond motifs is 1. The van der Waals surface area contributed by atoms with Gasteiger partial charge in [-0.15, -0.1) is 0 Å². The molecule has 1 unspecified atom stereocenters. The van der Waals surface area contributed by atoms with Crippen LogP contribution in [0.3, 0.4) is 0 Å². The molecule has 2 saturated heterocycles. The zero-order valence-electron chi connectivity index (χ0n) is 19.3. The number of aliphatic hydroxyl groups is 1. The second kappa shape index (κ2) is 8.89. The molecule has 2 fully saturated rings. The van der Waals surface area contributed by atoms with E-state index >= 15 is 0 Å². The summed E-state index contributed by atoms with van der Waals surface area (Å²) < 4.78 is 8.83. The van der Waals surface area contributed by atoms with Crippen molar-refractivity contribution in [1.29, 1.82) is 0 Å². The molecule has 4 heterocycles. The fourth-order valence-corrected chi connectivity index (χ4v) is 7.14. The standard InChI is InChI=1S/C22H35BrN4O2SSi/c1-22(2,3)31(4,5)29-16-7-6-10-27(14-16)21-25-19-18(30-21)13-17(23)20(24-19)26-11-8-15(28)9-12-26/h13,15-16,28H,6-12,14H2,1-5H3. The fraction of sp³-hybridized carbons (Fsp3) is 0.727. The van der Waals surface area contributed by atoms with Crippen molar-refractivity contribution >= 4 is 56.9 Å². The van der Waals surface area contributed by atoms with Gasteiger partial charge in [-0.05, 0) is 65.8 Å². The molecule has 0 bridgehead atoms. The molecule has 4 rings (SSSR count). The van der Waals surface area contributed by atoms with Gasteiger partial charge in [-0.1, -0.05) is 32.1 Å². The fourth-order valence-electron chi connectivity index (χ4n) is 4.06. The molecule has 2 aliphatic rings. The Balaban J connectivity index is 1.51. The molecular weight excluding hydrogens is 492 g/mol. The lowest BCUT2D eigenvalue weighted by Crippen LogP contribution is -2.49. The third-order valence-corrected chi connectivity index (χ3v) is 13.2. The van der Waals surface area contributed by atoms with E-state index in [2.05, 4.69) is 65.7 Å². The van der Waals surface area contributed by atoms with Gasteiger partial charge in [0.25, 0.3) is 0 Å². The number of halogens is 1. The number of pyridine rings is 1. The Hall–Kier alpha value is -0.743. The van der Waals surface area contributed by atoms with Gasteiger partial charge in [0.05, 0.1) is 21.4 Å². The van der Waals surface area contributed by atoms with E-state index in [1.165, 1.54) is 0 Å². The maximum Gasteiger partial charge on any atom is 0.192 e. The van der Waals surface area contributed by atoms with E-state index in [0.717, 1.165) is 77.6 Å². The first-order valence-corrected chi connectivity index (χ1v) is 15.9. The van der Waals surface area contributed by atoms with E-state index < -0.39 is 8.32 Å². The minimum absolute atomic E-state index is 0.190. The Morgan fingerprint density at radius 2 is 1.84 bits per heavy atom. The highest BCUT2D eigenvalue weighted by Gasteiger charge is 2.40. The summed E-state index contributed by atoms with van der Waals surface area (Å²) in [6.07, 6.45) is 3.92. The van der Waals surface area contributed by atoms with Crippen molar-refractivity contribution in [1.82, 2.24) is 9.97 Å². The number of nitrogens with zero attached hydrogens (tertiary/aromatic N) is 4. The van der Waals surface area contributed by atoms with Gasteiger partial charge in [0.15, 0.2) is 19.1 Å². The Morgan fingerprint density at radius 3 is 2.52 bits per heavy atom. The van der Waals surface area contributed by atoms with Crippen LogP contribution in [0.5, 0.6) is 0 Å². The van der Waals surface area contributed by atoms with Gasteiger partial charge >= 0.3 is 0 Å². The minimum Gasteiger partial charge on any atom is -0.412 e. The lowest BCUT2D eigenvalue weighted by atomic mass is 10.1. The third kappa shape index (κ3) is 5.10. The first-order chi connectivity index (χ1) is 14.5. The van der Waals surface area contributed by atoms with Crippen molar-refractivity contribution in [3.8, 4) is 0 Å². The summed E-state index contributed by atoms with van der Waals surface area (Å²) in [7, 11) is -1.78. The van der Waals surface area contributed by atoms with Gasteiger partial charge in [0, 0.05) is 26.2 Å². The number of aliphatic hydroxyl groups excluding tert-OH is 1. The van der Waals surface area contributed by atoms with Crippen LogP contribution >= 0.6 is 27.3 Å². The van der Waals surface area contributed by atoms with Crippen LogP contribution in [0.1, 0.15) is 46.5 Å². The van der Waals surface area contributed by atoms with Crippen molar-refractivity contribution < 1.29 is 9.53 Å². The second-order valence-corrected chi connectivity index (χ2v) is 17.0. The Labute approximate surface area is 199 Å². The summed E-state index contributed by atoms with van der Waals surface area (Å²) in [6, 6.07) is 2.15. The number of aromatic nitrogens is 2. The average molecular weight is 528 g/mol. The van der Waals surface area contributed by atoms with Gasteiger partial charge in [-0.25, -0.2) is 4.98 Å². The van der Waals surface area contributed by atoms with Crippen LogP contribution in [0.2, 0.25) is 18.1 Å². The van der Waals surface area contributed by atoms with Crippen LogP contribution in [0.25, 0.3) is 10.3 Å². The zero-order chi connectivity index (χ0) is 22.4. The van der Waals surface area contributed by atoms with Gasteiger partial charge in [-0.2, -0.15) is 4.98 Å². The first-order valence-electron chi connectivity index (χ1n) is 11.4. The summed E-state index contributed by atoms with van der Waals surface area (Å²) >= 11 is 5.44. The van der Waals surface area contributed by atoms with Crippen molar-refractivity contribution in [3.63, 3.8) is 0 Å². The highest BCUT2D eigenvalue weighted by atomic mass is 79.9. The molecule has 31 heavy (non-hydrogen) atoms. The van der Waals surface area contributed by atoms with Crippen LogP contribution in [0.15, 0.2) is 10.5 Å². The van der Waals surface area contributed by atoms with Crippen LogP contribution in [-0.4, -0.2) is 61.8 Å². The predicted molar refractivity (Wildman–Crippen MR) is 136 cm³/mol. The number of piperidine rings is 2. The SMILES string of the molecule is CC(C)(C)[Si](C)(C)OC1CCCN(c2nc3nc(N4CCC(O)CC4)c(Br)cc3s2)C1. The monoisotopic (exact) mass is 526 g/mol. The Morgan fingerprint density at radius 1 is 1.13 bits per heavy atom. The maximum atomic E-state index is 9.82. The number of anilines is 2. The van der Waals surface area contributed by atoms with E-state index in [4.69, 9.17) is 14.4 Å². The summed E-state index contributed by atoms with van der Waals surface area (Å²) in [4.78, 5) is 14.5. The molecule has 1 N–H and O–H groups in total. The van der Waals surface area contributed by atoms with E-state index in [1.54, 1.807) is 11.3 Å². The van der Waals surface area contributed by atoms with Crippen molar-refractivity contribution in [2.24, 2.45) is 0 Å². The molecule has 172 valence electrons. The largest absolute Gasteiger partial charge is 0.412 e. The Bertz CT molecular complexity index is 924. The molecule has 0 aliphatic carbocycles. The summed E-state index contributed by atoms with van der Waals surface area (Å²) in [6.45, 7) is 15.2. The van der Waals surface area contributed by atoms with Gasteiger partial charge < -0.3 is 19.3 Å². The molecule has 0 amide bonds. The van der Waals surface area contributed by atoms with Crippen LogP contribution in [0.4, 0.5) is 10.9 Å². The molecule has 0 spiro atoms. The Kier molecular flexibility index (Phi) is 6.72. The molecule has 2 aliphatic heterocycles. The molecule has 0 aromatic carbocycles. The number of thiazole rings is 1. The zero-order valence-corrected chi connectivity index (χ0v) is 22.7.